The van der Waals surface area contributed by atoms with Crippen molar-refractivity contribution in [2.45, 2.75) is 13.5 Å². The Morgan fingerprint density at radius 2 is 2.28 bits per heavy atom. The molecule has 0 radical (unpaired) electrons. The molecule has 0 unspecified atom stereocenters. The van der Waals surface area contributed by atoms with Crippen molar-refractivity contribution < 1.29 is 4.79 Å². The standard InChI is InChI=1S/C13H14BrN3O/c1-3-17-9-10(14)8-11(17)13(18)16(2)12-6-4-5-7-15-12/h4-9H,3H2,1-2H3. The number of halogens is 1. The molecule has 0 aliphatic rings. The molecule has 0 aliphatic heterocycles. The van der Waals surface area contributed by atoms with Gasteiger partial charge in [-0.15, -0.1) is 0 Å². The molecule has 2 heterocycles. The van der Waals surface area contributed by atoms with E-state index in [9.17, 15) is 4.79 Å². The van der Waals surface area contributed by atoms with Gasteiger partial charge in [-0.05, 0) is 41.1 Å². The fourth-order valence-corrected chi connectivity index (χ4v) is 2.21. The Hall–Kier alpha value is -1.62. The predicted octanol–water partition coefficient (Wildman–Crippen LogP) is 2.94. The zero-order valence-electron chi connectivity index (χ0n) is 10.3. The maximum absolute atomic E-state index is 12.4. The lowest BCUT2D eigenvalue weighted by atomic mass is 10.3. The van der Waals surface area contributed by atoms with Gasteiger partial charge in [-0.3, -0.25) is 9.69 Å². The molecule has 0 atom stereocenters. The van der Waals surface area contributed by atoms with Crippen molar-refractivity contribution in [3.63, 3.8) is 0 Å². The van der Waals surface area contributed by atoms with E-state index in [0.717, 1.165) is 11.0 Å². The molecule has 0 fully saturated rings. The SMILES string of the molecule is CCn1cc(Br)cc1C(=O)N(C)c1ccccn1. The Kier molecular flexibility index (Phi) is 3.81. The minimum atomic E-state index is -0.0683. The van der Waals surface area contributed by atoms with Gasteiger partial charge < -0.3 is 4.57 Å². The van der Waals surface area contributed by atoms with Gasteiger partial charge in [0.25, 0.3) is 5.91 Å². The van der Waals surface area contributed by atoms with Crippen molar-refractivity contribution in [1.82, 2.24) is 9.55 Å². The molecule has 18 heavy (non-hydrogen) atoms. The second-order valence-electron chi connectivity index (χ2n) is 3.88. The topological polar surface area (TPSA) is 38.1 Å². The minimum Gasteiger partial charge on any atom is -0.343 e. The summed E-state index contributed by atoms with van der Waals surface area (Å²) in [5.41, 5.74) is 0.650. The molecule has 2 rings (SSSR count). The van der Waals surface area contributed by atoms with Crippen molar-refractivity contribution in [3.8, 4) is 0 Å². The first-order valence-corrected chi connectivity index (χ1v) is 6.47. The highest BCUT2D eigenvalue weighted by molar-refractivity contribution is 9.10. The third kappa shape index (κ3) is 2.46. The summed E-state index contributed by atoms with van der Waals surface area (Å²) in [6, 6.07) is 7.32. The first kappa shape index (κ1) is 12.8. The van der Waals surface area contributed by atoms with E-state index in [1.165, 1.54) is 0 Å². The Morgan fingerprint density at radius 1 is 1.50 bits per heavy atom. The van der Waals surface area contributed by atoms with E-state index in [1.807, 2.05) is 42.0 Å². The number of aromatic nitrogens is 2. The van der Waals surface area contributed by atoms with Crippen LogP contribution in [0.25, 0.3) is 0 Å². The van der Waals surface area contributed by atoms with Gasteiger partial charge in [-0.25, -0.2) is 4.98 Å². The summed E-state index contributed by atoms with van der Waals surface area (Å²) in [6.07, 6.45) is 3.58. The molecular weight excluding hydrogens is 294 g/mol. The van der Waals surface area contributed by atoms with E-state index in [2.05, 4.69) is 20.9 Å². The number of carbonyl (C=O) groups excluding carboxylic acids is 1. The lowest BCUT2D eigenvalue weighted by molar-refractivity contribution is 0.0983. The number of nitrogens with zero attached hydrogens (tertiary/aromatic N) is 3. The van der Waals surface area contributed by atoms with E-state index in [4.69, 9.17) is 0 Å². The van der Waals surface area contributed by atoms with Crippen molar-refractivity contribution >= 4 is 27.7 Å². The second kappa shape index (κ2) is 5.35. The molecule has 0 N–H and O–H groups in total. The number of pyridine rings is 1. The summed E-state index contributed by atoms with van der Waals surface area (Å²) < 4.78 is 2.81. The van der Waals surface area contributed by atoms with Gasteiger partial charge in [-0.2, -0.15) is 0 Å². The van der Waals surface area contributed by atoms with Crippen molar-refractivity contribution in [2.75, 3.05) is 11.9 Å². The van der Waals surface area contributed by atoms with Crippen LogP contribution >= 0.6 is 15.9 Å². The molecule has 1 amide bonds. The molecule has 94 valence electrons. The molecule has 0 bridgehead atoms. The lowest BCUT2D eigenvalue weighted by Crippen LogP contribution is -2.28. The molecule has 0 saturated heterocycles. The van der Waals surface area contributed by atoms with Gasteiger partial charge in [0.1, 0.15) is 11.5 Å². The third-order valence-electron chi connectivity index (χ3n) is 2.72. The summed E-state index contributed by atoms with van der Waals surface area (Å²) in [5, 5.41) is 0. The van der Waals surface area contributed by atoms with E-state index in [0.29, 0.717) is 11.5 Å². The number of rotatable bonds is 3. The van der Waals surface area contributed by atoms with Crippen LogP contribution in [0, 0.1) is 0 Å². The first-order valence-electron chi connectivity index (χ1n) is 5.68. The first-order chi connectivity index (χ1) is 8.63. The minimum absolute atomic E-state index is 0.0683. The molecule has 0 saturated carbocycles. The number of amides is 1. The Morgan fingerprint density at radius 3 is 2.89 bits per heavy atom. The molecule has 5 heteroatoms. The Bertz CT molecular complexity index is 551. The van der Waals surface area contributed by atoms with Crippen LogP contribution in [0.3, 0.4) is 0 Å². The van der Waals surface area contributed by atoms with Gasteiger partial charge in [0, 0.05) is 30.5 Å². The lowest BCUT2D eigenvalue weighted by Gasteiger charge is -2.16. The number of hydrogen-bond donors (Lipinski definition) is 0. The highest BCUT2D eigenvalue weighted by Crippen LogP contribution is 2.18. The van der Waals surface area contributed by atoms with Gasteiger partial charge in [-0.1, -0.05) is 6.07 Å². The summed E-state index contributed by atoms with van der Waals surface area (Å²) in [7, 11) is 1.73. The predicted molar refractivity (Wildman–Crippen MR) is 74.8 cm³/mol. The maximum Gasteiger partial charge on any atom is 0.275 e. The summed E-state index contributed by atoms with van der Waals surface area (Å²) in [5.74, 6) is 0.573. The normalized spacial score (nSPS) is 10.4. The van der Waals surface area contributed by atoms with Gasteiger partial charge in [0.2, 0.25) is 0 Å². The molecule has 4 nitrogen and oxygen atoms in total. The Labute approximate surface area is 114 Å². The molecule has 2 aromatic rings. The Balaban J connectivity index is 2.31. The van der Waals surface area contributed by atoms with Crippen LogP contribution in [0.5, 0.6) is 0 Å². The van der Waals surface area contributed by atoms with Gasteiger partial charge >= 0.3 is 0 Å². The zero-order valence-corrected chi connectivity index (χ0v) is 11.9. The quantitative estimate of drug-likeness (QED) is 0.874. The molecule has 2 aromatic heterocycles. The highest BCUT2D eigenvalue weighted by atomic mass is 79.9. The number of anilines is 1. The average molecular weight is 308 g/mol. The van der Waals surface area contributed by atoms with Gasteiger partial charge in [0.05, 0.1) is 0 Å². The van der Waals surface area contributed by atoms with Crippen LogP contribution in [0.15, 0.2) is 41.1 Å². The fourth-order valence-electron chi connectivity index (χ4n) is 1.74. The third-order valence-corrected chi connectivity index (χ3v) is 3.15. The van der Waals surface area contributed by atoms with E-state index in [-0.39, 0.29) is 5.91 Å². The summed E-state index contributed by atoms with van der Waals surface area (Å²) in [6.45, 7) is 2.76. The van der Waals surface area contributed by atoms with Crippen LogP contribution in [0.4, 0.5) is 5.82 Å². The monoisotopic (exact) mass is 307 g/mol. The van der Waals surface area contributed by atoms with Crippen molar-refractivity contribution in [3.05, 3.63) is 46.8 Å². The molecular formula is C13H14BrN3O. The van der Waals surface area contributed by atoms with Gasteiger partial charge in [0.15, 0.2) is 0 Å². The molecule has 0 spiro atoms. The van der Waals surface area contributed by atoms with E-state index >= 15 is 0 Å². The van der Waals surface area contributed by atoms with Crippen LogP contribution < -0.4 is 4.90 Å². The van der Waals surface area contributed by atoms with Crippen LogP contribution in [-0.4, -0.2) is 22.5 Å². The molecule has 0 aromatic carbocycles. The number of carbonyl (C=O) groups is 1. The zero-order chi connectivity index (χ0) is 13.1. The van der Waals surface area contributed by atoms with Crippen LogP contribution in [0.2, 0.25) is 0 Å². The molecule has 0 aliphatic carbocycles. The number of aryl methyl sites for hydroxylation is 1. The second-order valence-corrected chi connectivity index (χ2v) is 4.80. The van der Waals surface area contributed by atoms with Crippen LogP contribution in [-0.2, 0) is 6.54 Å². The van der Waals surface area contributed by atoms with Crippen molar-refractivity contribution in [2.24, 2.45) is 0 Å². The summed E-state index contributed by atoms with van der Waals surface area (Å²) in [4.78, 5) is 18.1. The van der Waals surface area contributed by atoms with E-state index < -0.39 is 0 Å². The largest absolute Gasteiger partial charge is 0.343 e. The van der Waals surface area contributed by atoms with Crippen LogP contribution in [0.1, 0.15) is 17.4 Å². The fraction of sp³-hybridized carbons (Fsp3) is 0.231. The average Bonchev–Trinajstić information content (AvgIpc) is 2.79. The van der Waals surface area contributed by atoms with E-state index in [1.54, 1.807) is 18.1 Å². The summed E-state index contributed by atoms with van der Waals surface area (Å²) >= 11 is 3.39. The maximum atomic E-state index is 12.4. The smallest absolute Gasteiger partial charge is 0.275 e. The highest BCUT2D eigenvalue weighted by Gasteiger charge is 2.18. The number of hydrogen-bond acceptors (Lipinski definition) is 2. The van der Waals surface area contributed by atoms with Crippen molar-refractivity contribution in [1.29, 1.82) is 0 Å².